The molecule has 2 aromatic rings. The van der Waals surface area contributed by atoms with Crippen molar-refractivity contribution < 1.29 is 9.47 Å². The van der Waals surface area contributed by atoms with Crippen molar-refractivity contribution in [3.63, 3.8) is 0 Å². The molecule has 1 aromatic carbocycles. The number of nitrogens with one attached hydrogen (secondary N) is 2. The predicted octanol–water partition coefficient (Wildman–Crippen LogP) is 2.15. The summed E-state index contributed by atoms with van der Waals surface area (Å²) in [6.45, 7) is 4.70. The molecule has 1 fully saturated rings. The third kappa shape index (κ3) is 1.87. The van der Waals surface area contributed by atoms with Gasteiger partial charge in [0.2, 0.25) is 0 Å². The van der Waals surface area contributed by atoms with Gasteiger partial charge in [-0.2, -0.15) is 0 Å². The monoisotopic (exact) mass is 246 g/mol. The van der Waals surface area contributed by atoms with E-state index < -0.39 is 0 Å². The van der Waals surface area contributed by atoms with Crippen LogP contribution < -0.4 is 10.1 Å². The van der Waals surface area contributed by atoms with Crippen molar-refractivity contribution >= 4 is 10.9 Å². The van der Waals surface area contributed by atoms with E-state index in [1.165, 1.54) is 16.6 Å². The van der Waals surface area contributed by atoms with Crippen LogP contribution in [0.4, 0.5) is 0 Å². The standard InChI is InChI=1S/C14H18N2O2/c1-9-11-7-10(17-2)3-4-12(11)16-14(9)13-8-15-5-6-18-13/h3-4,7,13,15-16H,5-6,8H2,1-2H3. The van der Waals surface area contributed by atoms with Gasteiger partial charge in [-0.15, -0.1) is 0 Å². The molecule has 1 atom stereocenters. The Morgan fingerprint density at radius 2 is 2.28 bits per heavy atom. The van der Waals surface area contributed by atoms with Gasteiger partial charge in [-0.1, -0.05) is 0 Å². The first-order valence-corrected chi connectivity index (χ1v) is 6.28. The van der Waals surface area contributed by atoms with Gasteiger partial charge < -0.3 is 19.8 Å². The highest BCUT2D eigenvalue weighted by molar-refractivity contribution is 5.85. The number of benzene rings is 1. The number of hydrogen-bond acceptors (Lipinski definition) is 3. The van der Waals surface area contributed by atoms with Crippen LogP contribution in [-0.4, -0.2) is 31.8 Å². The summed E-state index contributed by atoms with van der Waals surface area (Å²) < 4.78 is 11.1. The van der Waals surface area contributed by atoms with E-state index in [-0.39, 0.29) is 6.10 Å². The van der Waals surface area contributed by atoms with Crippen LogP contribution >= 0.6 is 0 Å². The highest BCUT2D eigenvalue weighted by Crippen LogP contribution is 2.30. The number of aryl methyl sites for hydroxylation is 1. The minimum absolute atomic E-state index is 0.122. The smallest absolute Gasteiger partial charge is 0.119 e. The maximum Gasteiger partial charge on any atom is 0.119 e. The van der Waals surface area contributed by atoms with Gasteiger partial charge in [0, 0.05) is 29.7 Å². The number of hydrogen-bond donors (Lipinski definition) is 2. The number of methoxy groups -OCH3 is 1. The van der Waals surface area contributed by atoms with E-state index in [0.717, 1.165) is 31.0 Å². The zero-order chi connectivity index (χ0) is 12.5. The number of aromatic nitrogens is 1. The fourth-order valence-electron chi connectivity index (χ4n) is 2.53. The molecule has 96 valence electrons. The lowest BCUT2D eigenvalue weighted by Crippen LogP contribution is -2.33. The largest absolute Gasteiger partial charge is 0.497 e. The molecule has 18 heavy (non-hydrogen) atoms. The summed E-state index contributed by atoms with van der Waals surface area (Å²) in [6, 6.07) is 6.10. The van der Waals surface area contributed by atoms with E-state index in [2.05, 4.69) is 29.4 Å². The van der Waals surface area contributed by atoms with Crippen LogP contribution in [0.5, 0.6) is 5.75 Å². The zero-order valence-corrected chi connectivity index (χ0v) is 10.7. The maximum absolute atomic E-state index is 5.81. The summed E-state index contributed by atoms with van der Waals surface area (Å²) in [5.74, 6) is 0.888. The van der Waals surface area contributed by atoms with Crippen LogP contribution in [0.2, 0.25) is 0 Å². The Labute approximate surface area is 106 Å². The molecular formula is C14H18N2O2. The van der Waals surface area contributed by atoms with Crippen LogP contribution in [0.25, 0.3) is 10.9 Å². The van der Waals surface area contributed by atoms with Gasteiger partial charge in [0.1, 0.15) is 11.9 Å². The summed E-state index contributed by atoms with van der Waals surface area (Å²) in [4.78, 5) is 3.46. The van der Waals surface area contributed by atoms with E-state index in [0.29, 0.717) is 0 Å². The minimum Gasteiger partial charge on any atom is -0.497 e. The van der Waals surface area contributed by atoms with Crippen LogP contribution in [0.15, 0.2) is 18.2 Å². The Balaban J connectivity index is 2.04. The highest BCUT2D eigenvalue weighted by Gasteiger charge is 2.20. The van der Waals surface area contributed by atoms with Gasteiger partial charge in [-0.3, -0.25) is 0 Å². The summed E-state index contributed by atoms with van der Waals surface area (Å²) in [7, 11) is 1.69. The third-order valence-corrected chi connectivity index (χ3v) is 3.55. The molecule has 2 heterocycles. The van der Waals surface area contributed by atoms with Crippen molar-refractivity contribution in [3.8, 4) is 5.75 Å². The zero-order valence-electron chi connectivity index (χ0n) is 10.7. The Hall–Kier alpha value is -1.52. The number of aromatic amines is 1. The van der Waals surface area contributed by atoms with E-state index in [9.17, 15) is 0 Å². The Morgan fingerprint density at radius 1 is 1.39 bits per heavy atom. The van der Waals surface area contributed by atoms with Crippen LogP contribution in [0, 0.1) is 6.92 Å². The first kappa shape index (κ1) is 11.6. The molecule has 0 bridgehead atoms. The summed E-state index contributed by atoms with van der Waals surface area (Å²) in [5, 5.41) is 4.56. The number of H-pyrrole nitrogens is 1. The van der Waals surface area contributed by atoms with Gasteiger partial charge in [-0.05, 0) is 30.7 Å². The molecular weight excluding hydrogens is 228 g/mol. The second-order valence-corrected chi connectivity index (χ2v) is 4.64. The summed E-state index contributed by atoms with van der Waals surface area (Å²) in [6.07, 6.45) is 0.122. The van der Waals surface area contributed by atoms with Crippen molar-refractivity contribution in [2.75, 3.05) is 26.8 Å². The molecule has 1 aromatic heterocycles. The van der Waals surface area contributed by atoms with Gasteiger partial charge in [-0.25, -0.2) is 0 Å². The third-order valence-electron chi connectivity index (χ3n) is 3.55. The van der Waals surface area contributed by atoms with E-state index >= 15 is 0 Å². The maximum atomic E-state index is 5.81. The Morgan fingerprint density at radius 3 is 3.00 bits per heavy atom. The van der Waals surface area contributed by atoms with E-state index in [4.69, 9.17) is 9.47 Å². The van der Waals surface area contributed by atoms with Crippen LogP contribution in [0.3, 0.4) is 0 Å². The molecule has 0 amide bonds. The normalized spacial score (nSPS) is 20.2. The SMILES string of the molecule is COc1ccc2[nH]c(C3CNCCO3)c(C)c2c1. The van der Waals surface area contributed by atoms with Crippen LogP contribution in [-0.2, 0) is 4.74 Å². The number of morpholine rings is 1. The number of rotatable bonds is 2. The second-order valence-electron chi connectivity index (χ2n) is 4.64. The quantitative estimate of drug-likeness (QED) is 0.853. The molecule has 3 rings (SSSR count). The molecule has 1 unspecified atom stereocenters. The Bertz CT molecular complexity index is 556. The molecule has 1 saturated heterocycles. The molecule has 2 N–H and O–H groups in total. The lowest BCUT2D eigenvalue weighted by atomic mass is 10.1. The molecule has 0 aliphatic carbocycles. The van der Waals surface area contributed by atoms with Crippen molar-refractivity contribution in [3.05, 3.63) is 29.5 Å². The van der Waals surface area contributed by atoms with Crippen molar-refractivity contribution in [2.45, 2.75) is 13.0 Å². The van der Waals surface area contributed by atoms with Gasteiger partial charge in [0.05, 0.1) is 13.7 Å². The molecule has 1 aliphatic rings. The van der Waals surface area contributed by atoms with E-state index in [1.54, 1.807) is 7.11 Å². The van der Waals surface area contributed by atoms with Crippen molar-refractivity contribution in [1.29, 1.82) is 0 Å². The van der Waals surface area contributed by atoms with Crippen molar-refractivity contribution in [1.82, 2.24) is 10.3 Å². The number of fused-ring (bicyclic) bond motifs is 1. The topological polar surface area (TPSA) is 46.3 Å². The Kier molecular flexibility index (Phi) is 2.97. The molecule has 0 saturated carbocycles. The van der Waals surface area contributed by atoms with E-state index in [1.807, 2.05) is 6.07 Å². The first-order chi connectivity index (χ1) is 8.79. The average Bonchev–Trinajstić information content (AvgIpc) is 2.77. The number of ether oxygens (including phenoxy) is 2. The van der Waals surface area contributed by atoms with Gasteiger partial charge in [0.25, 0.3) is 0 Å². The average molecular weight is 246 g/mol. The first-order valence-electron chi connectivity index (χ1n) is 6.28. The molecule has 1 aliphatic heterocycles. The van der Waals surface area contributed by atoms with Crippen molar-refractivity contribution in [2.24, 2.45) is 0 Å². The highest BCUT2D eigenvalue weighted by atomic mass is 16.5. The summed E-state index contributed by atoms with van der Waals surface area (Å²) >= 11 is 0. The van der Waals surface area contributed by atoms with Gasteiger partial charge >= 0.3 is 0 Å². The summed E-state index contributed by atoms with van der Waals surface area (Å²) in [5.41, 5.74) is 3.56. The minimum atomic E-state index is 0.122. The second kappa shape index (κ2) is 4.63. The molecule has 4 heteroatoms. The fourth-order valence-corrected chi connectivity index (χ4v) is 2.53. The van der Waals surface area contributed by atoms with Gasteiger partial charge in [0.15, 0.2) is 0 Å². The predicted molar refractivity (Wildman–Crippen MR) is 71.2 cm³/mol. The molecule has 0 spiro atoms. The fraction of sp³-hybridized carbons (Fsp3) is 0.429. The lowest BCUT2D eigenvalue weighted by molar-refractivity contribution is 0.0251. The van der Waals surface area contributed by atoms with Crippen LogP contribution in [0.1, 0.15) is 17.4 Å². The lowest BCUT2D eigenvalue weighted by Gasteiger charge is -2.23. The molecule has 4 nitrogen and oxygen atoms in total. The molecule has 0 radical (unpaired) electrons.